The van der Waals surface area contributed by atoms with E-state index < -0.39 is 0 Å². The number of thiazole rings is 1. The van der Waals surface area contributed by atoms with E-state index in [2.05, 4.69) is 10.3 Å². The Morgan fingerprint density at radius 3 is 2.59 bits per heavy atom. The second kappa shape index (κ2) is 7.40. The summed E-state index contributed by atoms with van der Waals surface area (Å²) in [4.78, 5) is 18.9. The van der Waals surface area contributed by atoms with Gasteiger partial charge >= 0.3 is 0 Å². The molecule has 1 N–H and O–H groups in total. The number of hydrogen-bond donors (Lipinski definition) is 1. The number of amides is 1. The predicted molar refractivity (Wildman–Crippen MR) is 90.6 cm³/mol. The van der Waals surface area contributed by atoms with E-state index in [1.54, 1.807) is 11.3 Å². The molecule has 1 aliphatic rings. The first-order chi connectivity index (χ1) is 10.8. The van der Waals surface area contributed by atoms with E-state index in [0.29, 0.717) is 6.42 Å². The Morgan fingerprint density at radius 1 is 1.14 bits per heavy atom. The molecule has 1 aromatic heterocycles. The molecular weight excluding hydrogens is 294 g/mol. The van der Waals surface area contributed by atoms with Gasteiger partial charge in [0.25, 0.3) is 0 Å². The Bertz CT molecular complexity index is 603. The average molecular weight is 315 g/mol. The molecule has 0 radical (unpaired) electrons. The minimum Gasteiger partial charge on any atom is -0.342 e. The maximum atomic E-state index is 12.4. The Kier molecular flexibility index (Phi) is 5.06. The van der Waals surface area contributed by atoms with Crippen molar-refractivity contribution in [3.8, 4) is 0 Å². The van der Waals surface area contributed by atoms with Gasteiger partial charge < -0.3 is 10.2 Å². The van der Waals surface area contributed by atoms with Gasteiger partial charge in [0, 0.05) is 24.2 Å². The molecule has 5 heteroatoms. The number of aromatic nitrogens is 1. The average Bonchev–Trinajstić information content (AvgIpc) is 2.80. The van der Waals surface area contributed by atoms with Crippen LogP contribution < -0.4 is 5.32 Å². The summed E-state index contributed by atoms with van der Waals surface area (Å²) in [5, 5.41) is 6.08. The third-order valence-electron chi connectivity index (χ3n) is 3.87. The number of rotatable bonds is 4. The summed E-state index contributed by atoms with van der Waals surface area (Å²) in [7, 11) is 0. The first-order valence-electron chi connectivity index (χ1n) is 7.85. The Balaban J connectivity index is 1.58. The largest absolute Gasteiger partial charge is 0.342 e. The van der Waals surface area contributed by atoms with Crippen molar-refractivity contribution in [3.05, 3.63) is 41.4 Å². The first-order valence-corrected chi connectivity index (χ1v) is 8.73. The number of likely N-dealkylation sites (tertiary alicyclic amines) is 1. The number of carbonyl (C=O) groups is 1. The molecule has 1 aromatic carbocycles. The molecule has 0 atom stereocenters. The number of nitrogens with zero attached hydrogens (tertiary/aromatic N) is 2. The topological polar surface area (TPSA) is 45.2 Å². The minimum atomic E-state index is 0.207. The number of anilines is 2. The first kappa shape index (κ1) is 15.0. The van der Waals surface area contributed by atoms with Crippen molar-refractivity contribution < 1.29 is 4.79 Å². The van der Waals surface area contributed by atoms with Crippen molar-refractivity contribution in [3.63, 3.8) is 0 Å². The van der Waals surface area contributed by atoms with E-state index >= 15 is 0 Å². The van der Waals surface area contributed by atoms with Crippen molar-refractivity contribution in [2.45, 2.75) is 32.1 Å². The molecule has 1 amide bonds. The zero-order chi connectivity index (χ0) is 15.2. The molecule has 0 bridgehead atoms. The summed E-state index contributed by atoms with van der Waals surface area (Å²) in [6, 6.07) is 9.96. The SMILES string of the molecule is O=C(Cc1csc(Nc2ccccc2)n1)N1CCCCCC1. The summed E-state index contributed by atoms with van der Waals surface area (Å²) in [6.07, 6.45) is 5.15. The van der Waals surface area contributed by atoms with Crippen LogP contribution in [0.2, 0.25) is 0 Å². The lowest BCUT2D eigenvalue weighted by Crippen LogP contribution is -2.33. The second-order valence-electron chi connectivity index (χ2n) is 5.61. The van der Waals surface area contributed by atoms with Crippen molar-refractivity contribution in [1.82, 2.24) is 9.88 Å². The maximum Gasteiger partial charge on any atom is 0.228 e. The maximum absolute atomic E-state index is 12.4. The lowest BCUT2D eigenvalue weighted by molar-refractivity contribution is -0.130. The molecule has 0 saturated carbocycles. The molecule has 0 spiro atoms. The van der Waals surface area contributed by atoms with Crippen LogP contribution in [0.1, 0.15) is 31.4 Å². The standard InChI is InChI=1S/C17H21N3OS/c21-16(20-10-6-1-2-7-11-20)12-15-13-22-17(19-15)18-14-8-4-3-5-9-14/h3-5,8-9,13H,1-2,6-7,10-12H2,(H,18,19). The molecule has 1 fully saturated rings. The summed E-state index contributed by atoms with van der Waals surface area (Å²) >= 11 is 1.54. The lowest BCUT2D eigenvalue weighted by atomic mass is 10.2. The van der Waals surface area contributed by atoms with Gasteiger partial charge in [-0.2, -0.15) is 0 Å². The van der Waals surface area contributed by atoms with Crippen molar-refractivity contribution in [1.29, 1.82) is 0 Å². The van der Waals surface area contributed by atoms with Gasteiger partial charge in [-0.25, -0.2) is 4.98 Å². The minimum absolute atomic E-state index is 0.207. The molecule has 0 unspecified atom stereocenters. The number of para-hydroxylation sites is 1. The molecular formula is C17H21N3OS. The van der Waals surface area contributed by atoms with E-state index in [0.717, 1.165) is 42.4 Å². The van der Waals surface area contributed by atoms with Gasteiger partial charge in [0.1, 0.15) is 0 Å². The van der Waals surface area contributed by atoms with Crippen molar-refractivity contribution >= 4 is 28.1 Å². The van der Waals surface area contributed by atoms with Crippen LogP contribution in [-0.2, 0) is 11.2 Å². The van der Waals surface area contributed by atoms with Crippen LogP contribution in [0.4, 0.5) is 10.8 Å². The fourth-order valence-corrected chi connectivity index (χ4v) is 3.41. The number of hydrogen-bond acceptors (Lipinski definition) is 4. The van der Waals surface area contributed by atoms with Gasteiger partial charge in [-0.3, -0.25) is 4.79 Å². The van der Waals surface area contributed by atoms with Crippen LogP contribution in [-0.4, -0.2) is 28.9 Å². The molecule has 3 rings (SSSR count). The van der Waals surface area contributed by atoms with Gasteiger partial charge in [-0.15, -0.1) is 11.3 Å². The van der Waals surface area contributed by atoms with Crippen LogP contribution in [0.25, 0.3) is 0 Å². The summed E-state index contributed by atoms with van der Waals surface area (Å²) in [5.74, 6) is 0.207. The van der Waals surface area contributed by atoms with E-state index in [4.69, 9.17) is 0 Å². The van der Waals surface area contributed by atoms with Crippen molar-refractivity contribution in [2.24, 2.45) is 0 Å². The summed E-state index contributed by atoms with van der Waals surface area (Å²) in [6.45, 7) is 1.80. The Labute approximate surface area is 135 Å². The van der Waals surface area contributed by atoms with E-state index in [1.807, 2.05) is 40.6 Å². The highest BCUT2D eigenvalue weighted by atomic mass is 32.1. The Morgan fingerprint density at radius 2 is 1.86 bits per heavy atom. The molecule has 0 aliphatic carbocycles. The highest BCUT2D eigenvalue weighted by Crippen LogP contribution is 2.21. The zero-order valence-electron chi connectivity index (χ0n) is 12.6. The second-order valence-corrected chi connectivity index (χ2v) is 6.46. The van der Waals surface area contributed by atoms with Crippen molar-refractivity contribution in [2.75, 3.05) is 18.4 Å². The highest BCUT2D eigenvalue weighted by Gasteiger charge is 2.17. The monoisotopic (exact) mass is 315 g/mol. The molecule has 1 aliphatic heterocycles. The Hall–Kier alpha value is -1.88. The zero-order valence-corrected chi connectivity index (χ0v) is 13.4. The predicted octanol–water partition coefficient (Wildman–Crippen LogP) is 3.83. The molecule has 2 heterocycles. The quantitative estimate of drug-likeness (QED) is 0.932. The van der Waals surface area contributed by atoms with Gasteiger partial charge in [-0.05, 0) is 25.0 Å². The number of carbonyl (C=O) groups excluding carboxylic acids is 1. The van der Waals surface area contributed by atoms with E-state index in [9.17, 15) is 4.79 Å². The smallest absolute Gasteiger partial charge is 0.228 e. The van der Waals surface area contributed by atoms with Crippen LogP contribution in [0.15, 0.2) is 35.7 Å². The van der Waals surface area contributed by atoms with Gasteiger partial charge in [0.2, 0.25) is 5.91 Å². The summed E-state index contributed by atoms with van der Waals surface area (Å²) < 4.78 is 0. The fraction of sp³-hybridized carbons (Fsp3) is 0.412. The summed E-state index contributed by atoms with van der Waals surface area (Å²) in [5.41, 5.74) is 1.87. The van der Waals surface area contributed by atoms with Gasteiger partial charge in [0.15, 0.2) is 5.13 Å². The third-order valence-corrected chi connectivity index (χ3v) is 4.67. The number of nitrogens with one attached hydrogen (secondary N) is 1. The van der Waals surface area contributed by atoms with Crippen LogP contribution in [0, 0.1) is 0 Å². The van der Waals surface area contributed by atoms with E-state index in [1.165, 1.54) is 12.8 Å². The van der Waals surface area contributed by atoms with Crippen LogP contribution >= 0.6 is 11.3 Å². The van der Waals surface area contributed by atoms with Crippen LogP contribution in [0.3, 0.4) is 0 Å². The third kappa shape index (κ3) is 4.07. The van der Waals surface area contributed by atoms with E-state index in [-0.39, 0.29) is 5.91 Å². The molecule has 1 saturated heterocycles. The highest BCUT2D eigenvalue weighted by molar-refractivity contribution is 7.13. The van der Waals surface area contributed by atoms with Crippen LogP contribution in [0.5, 0.6) is 0 Å². The number of benzene rings is 1. The fourth-order valence-electron chi connectivity index (χ4n) is 2.68. The molecule has 116 valence electrons. The lowest BCUT2D eigenvalue weighted by Gasteiger charge is -2.19. The normalized spacial score (nSPS) is 15.4. The molecule has 4 nitrogen and oxygen atoms in total. The van der Waals surface area contributed by atoms with Gasteiger partial charge in [0.05, 0.1) is 12.1 Å². The van der Waals surface area contributed by atoms with Gasteiger partial charge in [-0.1, -0.05) is 31.0 Å². The molecule has 22 heavy (non-hydrogen) atoms. The molecule has 2 aromatic rings.